The van der Waals surface area contributed by atoms with Crippen molar-refractivity contribution < 1.29 is 14.0 Å². The summed E-state index contributed by atoms with van der Waals surface area (Å²) in [5.74, 6) is 1.97. The van der Waals surface area contributed by atoms with E-state index in [2.05, 4.69) is 5.16 Å². The van der Waals surface area contributed by atoms with Crippen LogP contribution in [0.2, 0.25) is 0 Å². The highest BCUT2D eigenvalue weighted by molar-refractivity contribution is 5.43. The molecule has 1 atom stereocenters. The van der Waals surface area contributed by atoms with E-state index in [1.54, 1.807) is 19.4 Å². The molecule has 2 aromatic rings. The third-order valence-corrected chi connectivity index (χ3v) is 2.57. The van der Waals surface area contributed by atoms with Crippen LogP contribution in [0.5, 0.6) is 11.5 Å². The summed E-state index contributed by atoms with van der Waals surface area (Å²) in [6, 6.07) is 7.35. The van der Waals surface area contributed by atoms with Crippen molar-refractivity contribution in [3.63, 3.8) is 0 Å². The van der Waals surface area contributed by atoms with Crippen molar-refractivity contribution in [2.24, 2.45) is 5.73 Å². The first-order chi connectivity index (χ1) is 8.70. The number of nitrogens with zero attached hydrogens (tertiary/aromatic N) is 1. The quantitative estimate of drug-likeness (QED) is 0.879. The average molecular weight is 248 g/mol. The highest BCUT2D eigenvalue weighted by Crippen LogP contribution is 2.30. The molecule has 0 saturated carbocycles. The molecule has 0 radical (unpaired) electrons. The molecule has 1 heterocycles. The monoisotopic (exact) mass is 248 g/mol. The Labute approximate surface area is 105 Å². The number of rotatable bonds is 5. The Morgan fingerprint density at radius 2 is 2.17 bits per heavy atom. The van der Waals surface area contributed by atoms with E-state index in [9.17, 15) is 0 Å². The minimum absolute atomic E-state index is 0.0396. The number of methoxy groups -OCH3 is 1. The van der Waals surface area contributed by atoms with Crippen LogP contribution in [0.25, 0.3) is 0 Å². The van der Waals surface area contributed by atoms with Gasteiger partial charge < -0.3 is 19.7 Å². The zero-order valence-electron chi connectivity index (χ0n) is 10.4. The van der Waals surface area contributed by atoms with Gasteiger partial charge in [0.2, 0.25) is 0 Å². The number of hydrogen-bond acceptors (Lipinski definition) is 5. The smallest absolute Gasteiger partial charge is 0.174 e. The largest absolute Gasteiger partial charge is 0.493 e. The van der Waals surface area contributed by atoms with Gasteiger partial charge in [0.25, 0.3) is 0 Å². The molecule has 0 aliphatic heterocycles. The Morgan fingerprint density at radius 3 is 2.78 bits per heavy atom. The van der Waals surface area contributed by atoms with Crippen LogP contribution in [0.4, 0.5) is 0 Å². The summed E-state index contributed by atoms with van der Waals surface area (Å²) in [5.41, 5.74) is 6.82. The van der Waals surface area contributed by atoms with Crippen molar-refractivity contribution in [1.82, 2.24) is 5.16 Å². The van der Waals surface area contributed by atoms with Gasteiger partial charge in [-0.15, -0.1) is 0 Å². The molecule has 0 aliphatic rings. The van der Waals surface area contributed by atoms with Gasteiger partial charge in [-0.2, -0.15) is 0 Å². The predicted octanol–water partition coefficient (Wildman–Crippen LogP) is 2.28. The third-order valence-electron chi connectivity index (χ3n) is 2.57. The maximum Gasteiger partial charge on any atom is 0.174 e. The molecule has 0 spiro atoms. The van der Waals surface area contributed by atoms with Crippen LogP contribution in [0.3, 0.4) is 0 Å². The summed E-state index contributed by atoms with van der Waals surface area (Å²) < 4.78 is 15.8. The molecule has 0 amide bonds. The van der Waals surface area contributed by atoms with E-state index in [-0.39, 0.29) is 6.04 Å². The van der Waals surface area contributed by atoms with E-state index in [1.165, 1.54) is 0 Å². The van der Waals surface area contributed by atoms with Crippen LogP contribution in [-0.2, 0) is 6.61 Å². The molecule has 0 bridgehead atoms. The summed E-state index contributed by atoms with van der Waals surface area (Å²) in [6.07, 6.45) is 1.58. The van der Waals surface area contributed by atoms with Crippen LogP contribution >= 0.6 is 0 Å². The van der Waals surface area contributed by atoms with Gasteiger partial charge in [0, 0.05) is 12.1 Å². The van der Waals surface area contributed by atoms with E-state index in [0.717, 1.165) is 5.56 Å². The molecule has 1 aromatic heterocycles. The lowest BCUT2D eigenvalue weighted by Crippen LogP contribution is -2.05. The van der Waals surface area contributed by atoms with Gasteiger partial charge in [-0.1, -0.05) is 11.2 Å². The summed E-state index contributed by atoms with van der Waals surface area (Å²) in [4.78, 5) is 0. The maximum atomic E-state index is 5.82. The first kappa shape index (κ1) is 12.4. The van der Waals surface area contributed by atoms with Crippen molar-refractivity contribution in [3.8, 4) is 11.5 Å². The molecule has 5 nitrogen and oxygen atoms in total. The second kappa shape index (κ2) is 5.55. The average Bonchev–Trinajstić information content (AvgIpc) is 2.89. The Kier molecular flexibility index (Phi) is 3.84. The first-order valence-electron chi connectivity index (χ1n) is 5.66. The van der Waals surface area contributed by atoms with Gasteiger partial charge in [0.15, 0.2) is 17.3 Å². The molecule has 0 saturated heterocycles. The van der Waals surface area contributed by atoms with Crippen LogP contribution in [0.15, 0.2) is 35.0 Å². The van der Waals surface area contributed by atoms with E-state index in [4.69, 9.17) is 19.7 Å². The van der Waals surface area contributed by atoms with E-state index < -0.39 is 0 Å². The minimum Gasteiger partial charge on any atom is -0.493 e. The van der Waals surface area contributed by atoms with Crippen molar-refractivity contribution in [1.29, 1.82) is 0 Å². The van der Waals surface area contributed by atoms with Gasteiger partial charge in [-0.05, 0) is 24.6 Å². The second-order valence-electron chi connectivity index (χ2n) is 3.97. The second-order valence-corrected chi connectivity index (χ2v) is 3.97. The Morgan fingerprint density at radius 1 is 1.33 bits per heavy atom. The molecule has 2 N–H and O–H groups in total. The molecule has 0 aliphatic carbocycles. The fourth-order valence-electron chi connectivity index (χ4n) is 1.55. The van der Waals surface area contributed by atoms with Crippen molar-refractivity contribution in [2.75, 3.05) is 7.11 Å². The predicted molar refractivity (Wildman–Crippen MR) is 66.4 cm³/mol. The lowest BCUT2D eigenvalue weighted by Gasteiger charge is -2.12. The summed E-state index contributed by atoms with van der Waals surface area (Å²) in [7, 11) is 1.60. The lowest BCUT2D eigenvalue weighted by molar-refractivity contribution is 0.239. The maximum absolute atomic E-state index is 5.82. The highest BCUT2D eigenvalue weighted by atomic mass is 16.5. The molecule has 1 aromatic carbocycles. The van der Waals surface area contributed by atoms with Crippen LogP contribution in [0, 0.1) is 0 Å². The van der Waals surface area contributed by atoms with Crippen LogP contribution in [0.1, 0.15) is 24.3 Å². The first-order valence-corrected chi connectivity index (χ1v) is 5.66. The number of benzene rings is 1. The van der Waals surface area contributed by atoms with Crippen molar-refractivity contribution in [2.45, 2.75) is 19.6 Å². The van der Waals surface area contributed by atoms with E-state index in [1.807, 2.05) is 25.1 Å². The Balaban J connectivity index is 2.12. The van der Waals surface area contributed by atoms with Crippen molar-refractivity contribution in [3.05, 3.63) is 41.8 Å². The van der Waals surface area contributed by atoms with Crippen LogP contribution < -0.4 is 15.2 Å². The SMILES string of the molecule is COc1cc(C(C)N)ccc1OCc1ccno1. The number of ether oxygens (including phenoxy) is 2. The summed E-state index contributed by atoms with van der Waals surface area (Å²) in [6.45, 7) is 2.23. The number of aromatic nitrogens is 1. The Bertz CT molecular complexity index is 495. The molecule has 2 rings (SSSR count). The van der Waals surface area contributed by atoms with Gasteiger partial charge in [-0.3, -0.25) is 0 Å². The molecular weight excluding hydrogens is 232 g/mol. The fraction of sp³-hybridized carbons (Fsp3) is 0.308. The van der Waals surface area contributed by atoms with Crippen LogP contribution in [-0.4, -0.2) is 12.3 Å². The third kappa shape index (κ3) is 2.81. The normalized spacial score (nSPS) is 12.2. The standard InChI is InChI=1S/C13H16N2O3/c1-9(14)10-3-4-12(13(7-10)16-2)17-8-11-5-6-15-18-11/h3-7,9H,8,14H2,1-2H3. The fourth-order valence-corrected chi connectivity index (χ4v) is 1.55. The lowest BCUT2D eigenvalue weighted by atomic mass is 10.1. The summed E-state index contributed by atoms with van der Waals surface area (Å²) >= 11 is 0. The van der Waals surface area contributed by atoms with Gasteiger partial charge in [-0.25, -0.2) is 0 Å². The zero-order valence-corrected chi connectivity index (χ0v) is 10.4. The molecule has 5 heteroatoms. The Hall–Kier alpha value is -2.01. The molecule has 1 unspecified atom stereocenters. The van der Waals surface area contributed by atoms with Gasteiger partial charge in [0.05, 0.1) is 13.3 Å². The minimum atomic E-state index is -0.0396. The molecular formula is C13H16N2O3. The molecule has 96 valence electrons. The zero-order chi connectivity index (χ0) is 13.0. The number of nitrogens with two attached hydrogens (primary N) is 1. The summed E-state index contributed by atoms with van der Waals surface area (Å²) in [5, 5.41) is 3.61. The van der Waals surface area contributed by atoms with Crippen molar-refractivity contribution >= 4 is 0 Å². The molecule has 0 fully saturated rings. The topological polar surface area (TPSA) is 70.5 Å². The van der Waals surface area contributed by atoms with E-state index in [0.29, 0.717) is 23.9 Å². The van der Waals surface area contributed by atoms with E-state index >= 15 is 0 Å². The van der Waals surface area contributed by atoms with Gasteiger partial charge >= 0.3 is 0 Å². The molecule has 18 heavy (non-hydrogen) atoms. The number of hydrogen-bond donors (Lipinski definition) is 1. The van der Waals surface area contributed by atoms with Gasteiger partial charge in [0.1, 0.15) is 6.61 Å². The highest BCUT2D eigenvalue weighted by Gasteiger charge is 2.09.